The van der Waals surface area contributed by atoms with Gasteiger partial charge in [-0.3, -0.25) is 4.79 Å². The minimum Gasteiger partial charge on any atom is -0.395 e. The van der Waals surface area contributed by atoms with Crippen molar-refractivity contribution < 1.29 is 14.6 Å². The summed E-state index contributed by atoms with van der Waals surface area (Å²) in [6.07, 6.45) is 1.95. The topological polar surface area (TPSA) is 71.5 Å². The summed E-state index contributed by atoms with van der Waals surface area (Å²) in [6, 6.07) is 3.36. The third-order valence-corrected chi connectivity index (χ3v) is 2.47. The molecular weight excluding hydrogens is 256 g/mol. The van der Waals surface area contributed by atoms with Gasteiger partial charge in [-0.25, -0.2) is 4.98 Å². The molecule has 0 aliphatic carbocycles. The molecule has 0 aromatic carbocycles. The molecule has 1 amide bonds. The van der Waals surface area contributed by atoms with Gasteiger partial charge in [0.1, 0.15) is 5.69 Å². The molecule has 0 saturated heterocycles. The number of pyridine rings is 1. The van der Waals surface area contributed by atoms with Crippen LogP contribution in [0.15, 0.2) is 18.3 Å². The third kappa shape index (κ3) is 5.83. The van der Waals surface area contributed by atoms with E-state index in [0.717, 1.165) is 5.56 Å². The van der Waals surface area contributed by atoms with Gasteiger partial charge in [0.25, 0.3) is 5.91 Å². The van der Waals surface area contributed by atoms with Crippen LogP contribution in [0.2, 0.25) is 0 Å². The fourth-order valence-electron chi connectivity index (χ4n) is 1.49. The molecule has 5 heteroatoms. The van der Waals surface area contributed by atoms with Crippen molar-refractivity contribution in [2.45, 2.75) is 26.4 Å². The van der Waals surface area contributed by atoms with Crippen molar-refractivity contribution in [3.05, 3.63) is 29.6 Å². The van der Waals surface area contributed by atoms with Gasteiger partial charge in [0.2, 0.25) is 0 Å². The number of aliphatic hydroxyl groups excluding tert-OH is 1. The Labute approximate surface area is 119 Å². The number of aromatic nitrogens is 1. The molecule has 1 atom stereocenters. The lowest BCUT2D eigenvalue weighted by Crippen LogP contribution is -2.32. The molecule has 0 bridgehead atoms. The van der Waals surface area contributed by atoms with Crippen molar-refractivity contribution in [3.8, 4) is 11.8 Å². The number of aliphatic hydroxyl groups is 1. The first kappa shape index (κ1) is 16.2. The number of amides is 1. The van der Waals surface area contributed by atoms with Gasteiger partial charge in [0, 0.05) is 31.3 Å². The minimum atomic E-state index is -0.230. The molecule has 0 aliphatic heterocycles. The molecule has 2 N–H and O–H groups in total. The van der Waals surface area contributed by atoms with Crippen molar-refractivity contribution >= 4 is 5.91 Å². The smallest absolute Gasteiger partial charge is 0.269 e. The monoisotopic (exact) mass is 276 g/mol. The van der Waals surface area contributed by atoms with Crippen LogP contribution in [0.25, 0.3) is 0 Å². The van der Waals surface area contributed by atoms with Crippen LogP contribution in [0.3, 0.4) is 0 Å². The number of nitrogens with zero attached hydrogens (tertiary/aromatic N) is 1. The summed E-state index contributed by atoms with van der Waals surface area (Å²) in [5, 5.41) is 11.4. The number of carbonyl (C=O) groups is 1. The highest BCUT2D eigenvalue weighted by Crippen LogP contribution is 1.99. The molecule has 1 aromatic rings. The summed E-state index contributed by atoms with van der Waals surface area (Å²) in [7, 11) is 0. The molecule has 1 heterocycles. The van der Waals surface area contributed by atoms with Crippen molar-refractivity contribution in [1.82, 2.24) is 10.3 Å². The second-order valence-electron chi connectivity index (χ2n) is 4.18. The van der Waals surface area contributed by atoms with Crippen LogP contribution in [0.5, 0.6) is 0 Å². The van der Waals surface area contributed by atoms with Gasteiger partial charge in [0.15, 0.2) is 0 Å². The highest BCUT2D eigenvalue weighted by molar-refractivity contribution is 5.92. The van der Waals surface area contributed by atoms with E-state index in [1.54, 1.807) is 18.3 Å². The Morgan fingerprint density at radius 2 is 2.35 bits per heavy atom. The highest BCUT2D eigenvalue weighted by Gasteiger charge is 2.08. The summed E-state index contributed by atoms with van der Waals surface area (Å²) < 4.78 is 5.33. The molecule has 1 aromatic heterocycles. The molecule has 5 nitrogen and oxygen atoms in total. The summed E-state index contributed by atoms with van der Waals surface area (Å²) >= 11 is 0. The van der Waals surface area contributed by atoms with Gasteiger partial charge in [0.05, 0.1) is 12.7 Å². The number of ether oxygens (including phenoxy) is 1. The Morgan fingerprint density at radius 3 is 2.95 bits per heavy atom. The van der Waals surface area contributed by atoms with E-state index in [2.05, 4.69) is 22.1 Å². The zero-order valence-electron chi connectivity index (χ0n) is 11.8. The number of rotatable bonds is 6. The predicted octanol–water partition coefficient (Wildman–Crippen LogP) is 0.970. The van der Waals surface area contributed by atoms with Crippen LogP contribution in [-0.2, 0) is 4.74 Å². The van der Waals surface area contributed by atoms with Crippen LogP contribution >= 0.6 is 0 Å². The van der Waals surface area contributed by atoms with Crippen molar-refractivity contribution in [3.63, 3.8) is 0 Å². The average Bonchev–Trinajstić information content (AvgIpc) is 2.46. The number of hydrogen-bond donors (Lipinski definition) is 2. The number of hydrogen-bond acceptors (Lipinski definition) is 4. The van der Waals surface area contributed by atoms with E-state index in [1.165, 1.54) is 0 Å². The van der Waals surface area contributed by atoms with Crippen LogP contribution in [0, 0.1) is 11.8 Å². The van der Waals surface area contributed by atoms with E-state index in [-0.39, 0.29) is 18.6 Å². The first-order valence-corrected chi connectivity index (χ1v) is 6.63. The van der Waals surface area contributed by atoms with Crippen molar-refractivity contribution in [2.24, 2.45) is 0 Å². The molecule has 0 saturated carbocycles. The molecule has 20 heavy (non-hydrogen) atoms. The van der Waals surface area contributed by atoms with Crippen LogP contribution < -0.4 is 5.32 Å². The Balaban J connectivity index is 2.51. The van der Waals surface area contributed by atoms with Crippen LogP contribution in [0.1, 0.15) is 36.3 Å². The molecule has 0 spiro atoms. The van der Waals surface area contributed by atoms with Crippen molar-refractivity contribution in [1.29, 1.82) is 0 Å². The number of nitrogens with one attached hydrogen (secondary N) is 1. The summed E-state index contributed by atoms with van der Waals surface area (Å²) in [5.74, 6) is 5.42. The molecular formula is C15H20N2O3. The van der Waals surface area contributed by atoms with Crippen molar-refractivity contribution in [2.75, 3.05) is 19.8 Å². The molecule has 0 aliphatic rings. The summed E-state index contributed by atoms with van der Waals surface area (Å²) in [4.78, 5) is 15.9. The molecule has 0 radical (unpaired) electrons. The molecule has 1 rings (SSSR count). The van der Waals surface area contributed by atoms with E-state index in [1.807, 2.05) is 13.8 Å². The Kier molecular flexibility index (Phi) is 7.33. The summed E-state index contributed by atoms with van der Waals surface area (Å²) in [5.41, 5.74) is 1.07. The second-order valence-corrected chi connectivity index (χ2v) is 4.18. The third-order valence-electron chi connectivity index (χ3n) is 2.47. The second kappa shape index (κ2) is 9.08. The zero-order valence-corrected chi connectivity index (χ0v) is 11.8. The zero-order chi connectivity index (χ0) is 14.8. The maximum atomic E-state index is 11.8. The Bertz CT molecular complexity index is 474. The van der Waals surface area contributed by atoms with Crippen LogP contribution in [-0.4, -0.2) is 41.9 Å². The fourth-order valence-corrected chi connectivity index (χ4v) is 1.49. The predicted molar refractivity (Wildman–Crippen MR) is 76.2 cm³/mol. The van der Waals surface area contributed by atoms with E-state index in [4.69, 9.17) is 9.84 Å². The first-order valence-electron chi connectivity index (χ1n) is 6.63. The molecule has 1 unspecified atom stereocenters. The molecule has 0 fully saturated rings. The molecule has 108 valence electrons. The summed E-state index contributed by atoms with van der Waals surface area (Å²) in [6.45, 7) is 4.93. The Morgan fingerprint density at radius 1 is 1.55 bits per heavy atom. The van der Waals surface area contributed by atoms with E-state index in [9.17, 15) is 4.79 Å². The SMILES string of the molecule is CCOC(C)CNC(=O)c1ccc(C#CCCO)cn1. The van der Waals surface area contributed by atoms with Crippen LogP contribution in [0.4, 0.5) is 0 Å². The standard InChI is InChI=1S/C15H20N2O3/c1-3-20-12(2)10-17-15(19)14-8-7-13(11-16-14)6-4-5-9-18/h7-8,11-12,18H,3,5,9-10H2,1-2H3,(H,17,19). The Hall–Kier alpha value is -1.90. The lowest BCUT2D eigenvalue weighted by atomic mass is 10.2. The lowest BCUT2D eigenvalue weighted by molar-refractivity contribution is 0.0693. The first-order chi connectivity index (χ1) is 9.67. The normalized spacial score (nSPS) is 11.3. The minimum absolute atomic E-state index is 0.0208. The van der Waals surface area contributed by atoms with E-state index in [0.29, 0.717) is 25.3 Å². The maximum absolute atomic E-state index is 11.8. The van der Waals surface area contributed by atoms with E-state index >= 15 is 0 Å². The van der Waals surface area contributed by atoms with Gasteiger partial charge < -0.3 is 15.2 Å². The van der Waals surface area contributed by atoms with Gasteiger partial charge in [-0.05, 0) is 26.0 Å². The van der Waals surface area contributed by atoms with E-state index < -0.39 is 0 Å². The maximum Gasteiger partial charge on any atom is 0.269 e. The van der Waals surface area contributed by atoms with Gasteiger partial charge in [-0.2, -0.15) is 0 Å². The fraction of sp³-hybridized carbons (Fsp3) is 0.467. The quantitative estimate of drug-likeness (QED) is 0.760. The lowest BCUT2D eigenvalue weighted by Gasteiger charge is -2.12. The van der Waals surface area contributed by atoms with Gasteiger partial charge >= 0.3 is 0 Å². The largest absolute Gasteiger partial charge is 0.395 e. The average molecular weight is 276 g/mol. The highest BCUT2D eigenvalue weighted by atomic mass is 16.5. The number of carbonyl (C=O) groups excluding carboxylic acids is 1. The van der Waals surface area contributed by atoms with Gasteiger partial charge in [-0.15, -0.1) is 0 Å². The van der Waals surface area contributed by atoms with Gasteiger partial charge in [-0.1, -0.05) is 11.8 Å².